The Labute approximate surface area is 155 Å². The molecule has 144 valence electrons. The van der Waals surface area contributed by atoms with Gasteiger partial charge in [-0.3, -0.25) is 0 Å². The minimum Gasteiger partial charge on any atom is -0.491 e. The van der Waals surface area contributed by atoms with E-state index in [2.05, 4.69) is 20.8 Å². The number of fused-ring (bicyclic) bond motifs is 1. The van der Waals surface area contributed by atoms with Gasteiger partial charge in [0.2, 0.25) is 0 Å². The van der Waals surface area contributed by atoms with Crippen LogP contribution in [0.15, 0.2) is 30.6 Å². The van der Waals surface area contributed by atoms with Crippen molar-refractivity contribution in [1.29, 1.82) is 0 Å². The van der Waals surface area contributed by atoms with Crippen molar-refractivity contribution < 1.29 is 18.3 Å². The molecule has 0 saturated carbocycles. The number of hydrogen-bond acceptors (Lipinski definition) is 7. The van der Waals surface area contributed by atoms with Crippen LogP contribution in [0, 0.1) is 0 Å². The third-order valence-electron chi connectivity index (χ3n) is 4.72. The summed E-state index contributed by atoms with van der Waals surface area (Å²) in [6.07, 6.45) is -1.55. The van der Waals surface area contributed by atoms with E-state index in [4.69, 9.17) is 9.47 Å². The lowest BCUT2D eigenvalue weighted by Gasteiger charge is -2.18. The van der Waals surface area contributed by atoms with Gasteiger partial charge in [-0.15, -0.1) is 0 Å². The maximum Gasteiger partial charge on any atom is 0.150 e. The molecule has 1 aromatic carbocycles. The van der Waals surface area contributed by atoms with Crippen LogP contribution in [0.3, 0.4) is 0 Å². The Morgan fingerprint density at radius 1 is 1.15 bits per heavy atom. The van der Waals surface area contributed by atoms with Crippen LogP contribution in [-0.2, 0) is 4.74 Å². The highest BCUT2D eigenvalue weighted by molar-refractivity contribution is 5.61. The van der Waals surface area contributed by atoms with Gasteiger partial charge in [-0.1, -0.05) is 0 Å². The summed E-state index contributed by atoms with van der Waals surface area (Å²) >= 11 is 0. The first-order chi connectivity index (χ1) is 13.2. The van der Waals surface area contributed by atoms with E-state index in [0.717, 1.165) is 17.0 Å². The average molecular weight is 377 g/mol. The third kappa shape index (κ3) is 3.65. The first-order valence-corrected chi connectivity index (χ1v) is 8.78. The Hall–Kier alpha value is -2.52. The highest BCUT2D eigenvalue weighted by Crippen LogP contribution is 2.35. The fourth-order valence-corrected chi connectivity index (χ4v) is 3.29. The number of nitrogens with zero attached hydrogens (tertiary/aromatic N) is 3. The molecule has 4 rings (SSSR count). The molecule has 1 fully saturated rings. The second kappa shape index (κ2) is 7.61. The summed E-state index contributed by atoms with van der Waals surface area (Å²) in [6.45, 7) is 0.972. The molecule has 2 aliphatic heterocycles. The number of halogens is 2. The molecular formula is C18H21F2N5O2. The molecule has 0 spiro atoms. The Balaban J connectivity index is 1.55. The highest BCUT2D eigenvalue weighted by Gasteiger charge is 2.34. The van der Waals surface area contributed by atoms with E-state index >= 15 is 0 Å². The molecule has 3 heterocycles. The van der Waals surface area contributed by atoms with Crippen LogP contribution in [0.25, 0.3) is 0 Å². The van der Waals surface area contributed by atoms with Gasteiger partial charge in [0.1, 0.15) is 24.5 Å². The molecule has 0 bridgehead atoms. The number of anilines is 2. The number of methoxy groups -OCH3 is 1. The maximum atomic E-state index is 13.5. The van der Waals surface area contributed by atoms with Gasteiger partial charge in [0.25, 0.3) is 0 Å². The van der Waals surface area contributed by atoms with Crippen molar-refractivity contribution in [2.75, 3.05) is 43.7 Å². The van der Waals surface area contributed by atoms with Crippen molar-refractivity contribution in [3.63, 3.8) is 0 Å². The molecule has 1 saturated heterocycles. The standard InChI is InChI=1S/C18H21F2N5O2/c1-26-4-5-27-11-2-3-15-12(6-11)18(24-23-15)16-7-17(22-10-21-16)25-8-13(19)14(20)9-25/h2-3,6-7,10,13-14,18,23-24H,4-5,8-9H2,1H3/t13-,14-,18?/m0/s1. The molecular weight excluding hydrogens is 356 g/mol. The topological polar surface area (TPSA) is 71.5 Å². The molecule has 27 heavy (non-hydrogen) atoms. The fraction of sp³-hybridized carbons (Fsp3) is 0.444. The van der Waals surface area contributed by atoms with Crippen LogP contribution in [0.4, 0.5) is 20.3 Å². The number of hydrazine groups is 1. The van der Waals surface area contributed by atoms with Gasteiger partial charge in [-0.2, -0.15) is 0 Å². The zero-order chi connectivity index (χ0) is 18.8. The van der Waals surface area contributed by atoms with Crippen molar-refractivity contribution in [1.82, 2.24) is 15.4 Å². The van der Waals surface area contributed by atoms with Crippen molar-refractivity contribution in [2.45, 2.75) is 18.4 Å². The number of ether oxygens (including phenoxy) is 2. The van der Waals surface area contributed by atoms with Crippen LogP contribution < -0.4 is 20.5 Å². The second-order valence-electron chi connectivity index (χ2n) is 6.53. The van der Waals surface area contributed by atoms with Crippen molar-refractivity contribution in [3.8, 4) is 5.75 Å². The summed E-state index contributed by atoms with van der Waals surface area (Å²) in [6, 6.07) is 7.28. The van der Waals surface area contributed by atoms with Crippen molar-refractivity contribution in [3.05, 3.63) is 41.9 Å². The third-order valence-corrected chi connectivity index (χ3v) is 4.72. The Kier molecular flexibility index (Phi) is 5.04. The Bertz CT molecular complexity index is 799. The molecule has 0 amide bonds. The average Bonchev–Trinajstić information content (AvgIpc) is 3.25. The van der Waals surface area contributed by atoms with Crippen LogP contribution in [0.2, 0.25) is 0 Å². The molecule has 2 N–H and O–H groups in total. The van der Waals surface area contributed by atoms with Gasteiger partial charge < -0.3 is 19.8 Å². The number of benzene rings is 1. The summed E-state index contributed by atoms with van der Waals surface area (Å²) in [5.41, 5.74) is 8.91. The Morgan fingerprint density at radius 2 is 1.96 bits per heavy atom. The number of rotatable bonds is 6. The predicted molar refractivity (Wildman–Crippen MR) is 96.5 cm³/mol. The van der Waals surface area contributed by atoms with Crippen LogP contribution in [0.5, 0.6) is 5.75 Å². The number of nitrogens with one attached hydrogen (secondary N) is 2. The monoisotopic (exact) mass is 377 g/mol. The number of alkyl halides is 2. The van der Waals surface area contributed by atoms with E-state index in [0.29, 0.717) is 24.7 Å². The second-order valence-corrected chi connectivity index (χ2v) is 6.53. The van der Waals surface area contributed by atoms with Crippen molar-refractivity contribution in [2.24, 2.45) is 0 Å². The smallest absolute Gasteiger partial charge is 0.150 e. The first kappa shape index (κ1) is 17.9. The van der Waals surface area contributed by atoms with Gasteiger partial charge in [-0.25, -0.2) is 24.2 Å². The number of aromatic nitrogens is 2. The molecule has 3 atom stereocenters. The van der Waals surface area contributed by atoms with Gasteiger partial charge >= 0.3 is 0 Å². The summed E-state index contributed by atoms with van der Waals surface area (Å²) in [4.78, 5) is 10.1. The molecule has 2 aromatic rings. The zero-order valence-electron chi connectivity index (χ0n) is 14.9. The molecule has 1 aromatic heterocycles. The summed E-state index contributed by atoms with van der Waals surface area (Å²) < 4.78 is 37.7. The largest absolute Gasteiger partial charge is 0.491 e. The highest BCUT2D eigenvalue weighted by atomic mass is 19.2. The summed E-state index contributed by atoms with van der Waals surface area (Å²) in [5.74, 6) is 1.25. The van der Waals surface area contributed by atoms with E-state index < -0.39 is 12.3 Å². The van der Waals surface area contributed by atoms with E-state index in [1.807, 2.05) is 18.2 Å². The van der Waals surface area contributed by atoms with Crippen molar-refractivity contribution >= 4 is 11.5 Å². The fourth-order valence-electron chi connectivity index (χ4n) is 3.29. The lowest BCUT2D eigenvalue weighted by atomic mass is 10.0. The predicted octanol–water partition coefficient (Wildman–Crippen LogP) is 2.02. The van der Waals surface area contributed by atoms with Crippen LogP contribution in [0.1, 0.15) is 17.3 Å². The molecule has 9 heteroatoms. The quantitative estimate of drug-likeness (QED) is 0.747. The van der Waals surface area contributed by atoms with Crippen LogP contribution in [-0.4, -0.2) is 55.7 Å². The molecule has 7 nitrogen and oxygen atoms in total. The number of hydrogen-bond donors (Lipinski definition) is 2. The minimum atomic E-state index is -1.48. The Morgan fingerprint density at radius 3 is 2.74 bits per heavy atom. The first-order valence-electron chi connectivity index (χ1n) is 8.78. The zero-order valence-corrected chi connectivity index (χ0v) is 14.9. The lowest BCUT2D eigenvalue weighted by Crippen LogP contribution is -2.24. The van der Waals surface area contributed by atoms with Gasteiger partial charge in [0.05, 0.1) is 37.1 Å². The SMILES string of the molecule is COCCOc1ccc2c(c1)C(c1cc(N3C[C@H](F)[C@@H](F)C3)ncn1)NN2. The lowest BCUT2D eigenvalue weighted by molar-refractivity contribution is 0.146. The summed E-state index contributed by atoms with van der Waals surface area (Å²) in [7, 11) is 1.62. The molecule has 2 aliphatic rings. The van der Waals surface area contributed by atoms with E-state index in [-0.39, 0.29) is 19.1 Å². The normalized spacial score (nSPS) is 24.0. The molecule has 0 radical (unpaired) electrons. The molecule has 0 aliphatic carbocycles. The van der Waals surface area contributed by atoms with Gasteiger partial charge in [0, 0.05) is 18.7 Å². The maximum absolute atomic E-state index is 13.5. The van der Waals surface area contributed by atoms with E-state index in [1.165, 1.54) is 6.33 Å². The van der Waals surface area contributed by atoms with Gasteiger partial charge in [-0.05, 0) is 18.2 Å². The van der Waals surface area contributed by atoms with Crippen LogP contribution >= 0.6 is 0 Å². The minimum absolute atomic E-state index is 0.00202. The van der Waals surface area contributed by atoms with E-state index in [9.17, 15) is 8.78 Å². The van der Waals surface area contributed by atoms with E-state index in [1.54, 1.807) is 18.1 Å². The van der Waals surface area contributed by atoms with Gasteiger partial charge in [0.15, 0.2) is 12.3 Å². The molecule has 1 unspecified atom stereocenters. The summed E-state index contributed by atoms with van der Waals surface area (Å²) in [5, 5.41) is 0.